The number of carbonyl (C=O) groups is 2. The SMILES string of the molecule is COC(=O)C1CCCCN1CC(=O)NC(C)(C#N)C(C)C. The van der Waals surface area contributed by atoms with Gasteiger partial charge in [0.2, 0.25) is 5.91 Å². The molecule has 1 heterocycles. The number of rotatable bonds is 5. The van der Waals surface area contributed by atoms with Gasteiger partial charge in [0, 0.05) is 0 Å². The molecule has 6 nitrogen and oxygen atoms in total. The van der Waals surface area contributed by atoms with Crippen molar-refractivity contribution < 1.29 is 14.3 Å². The van der Waals surface area contributed by atoms with E-state index in [1.54, 1.807) is 6.92 Å². The Morgan fingerprint density at radius 1 is 1.48 bits per heavy atom. The summed E-state index contributed by atoms with van der Waals surface area (Å²) in [6.45, 7) is 6.30. The lowest BCUT2D eigenvalue weighted by Gasteiger charge is -2.34. The van der Waals surface area contributed by atoms with Gasteiger partial charge in [0.05, 0.1) is 19.7 Å². The van der Waals surface area contributed by atoms with Crippen molar-refractivity contribution in [2.75, 3.05) is 20.2 Å². The van der Waals surface area contributed by atoms with Crippen molar-refractivity contribution in [3.05, 3.63) is 0 Å². The van der Waals surface area contributed by atoms with Gasteiger partial charge < -0.3 is 10.1 Å². The van der Waals surface area contributed by atoms with Crippen LogP contribution in [0.4, 0.5) is 0 Å². The third-order valence-electron chi connectivity index (χ3n) is 4.22. The van der Waals surface area contributed by atoms with Crippen molar-refractivity contribution in [1.29, 1.82) is 5.26 Å². The number of likely N-dealkylation sites (tertiary alicyclic amines) is 1. The van der Waals surface area contributed by atoms with Crippen molar-refractivity contribution >= 4 is 11.9 Å². The zero-order valence-corrected chi connectivity index (χ0v) is 13.3. The Balaban J connectivity index is 2.68. The van der Waals surface area contributed by atoms with Crippen molar-refractivity contribution in [1.82, 2.24) is 10.2 Å². The molecule has 0 bridgehead atoms. The Kier molecular flexibility index (Phi) is 6.16. The highest BCUT2D eigenvalue weighted by atomic mass is 16.5. The molecule has 0 radical (unpaired) electrons. The van der Waals surface area contributed by atoms with E-state index in [-0.39, 0.29) is 30.4 Å². The van der Waals surface area contributed by atoms with Gasteiger partial charge >= 0.3 is 5.97 Å². The summed E-state index contributed by atoms with van der Waals surface area (Å²) in [6, 6.07) is 1.79. The molecule has 6 heteroatoms. The summed E-state index contributed by atoms with van der Waals surface area (Å²) in [4.78, 5) is 25.8. The maximum atomic E-state index is 12.2. The molecule has 1 saturated heterocycles. The van der Waals surface area contributed by atoms with Crippen LogP contribution in [0, 0.1) is 17.2 Å². The molecular weight excluding hydrogens is 270 g/mol. The lowest BCUT2D eigenvalue weighted by molar-refractivity contribution is -0.148. The molecule has 1 fully saturated rings. The van der Waals surface area contributed by atoms with Crippen LogP contribution in [0.2, 0.25) is 0 Å². The number of methoxy groups -OCH3 is 1. The molecule has 2 atom stereocenters. The van der Waals surface area contributed by atoms with E-state index in [1.807, 2.05) is 18.7 Å². The predicted octanol–water partition coefficient (Wildman–Crippen LogP) is 1.07. The second-order valence-electron chi connectivity index (χ2n) is 6.02. The van der Waals surface area contributed by atoms with Crippen LogP contribution in [0.15, 0.2) is 0 Å². The van der Waals surface area contributed by atoms with E-state index in [1.165, 1.54) is 7.11 Å². The maximum absolute atomic E-state index is 12.2. The minimum Gasteiger partial charge on any atom is -0.468 e. The van der Waals surface area contributed by atoms with E-state index >= 15 is 0 Å². The maximum Gasteiger partial charge on any atom is 0.323 e. The number of piperidine rings is 1. The highest BCUT2D eigenvalue weighted by Gasteiger charge is 2.34. The average Bonchev–Trinajstić information content (AvgIpc) is 2.46. The number of nitrogens with one attached hydrogen (secondary N) is 1. The van der Waals surface area contributed by atoms with Gasteiger partial charge in [-0.2, -0.15) is 5.26 Å². The first kappa shape index (κ1) is 17.4. The van der Waals surface area contributed by atoms with Crippen molar-refractivity contribution in [2.45, 2.75) is 51.6 Å². The molecule has 1 aliphatic rings. The molecule has 1 amide bonds. The van der Waals surface area contributed by atoms with Gasteiger partial charge in [-0.25, -0.2) is 0 Å². The highest BCUT2D eigenvalue weighted by Crippen LogP contribution is 2.19. The fourth-order valence-electron chi connectivity index (χ4n) is 2.40. The Labute approximate surface area is 126 Å². The van der Waals surface area contributed by atoms with Crippen LogP contribution in [-0.4, -0.2) is 48.6 Å². The summed E-state index contributed by atoms with van der Waals surface area (Å²) < 4.78 is 4.80. The van der Waals surface area contributed by atoms with Gasteiger partial charge in [0.15, 0.2) is 0 Å². The minimum atomic E-state index is -0.895. The lowest BCUT2D eigenvalue weighted by atomic mass is 9.90. The third-order valence-corrected chi connectivity index (χ3v) is 4.22. The molecule has 0 aromatic carbocycles. The van der Waals surface area contributed by atoms with Crippen molar-refractivity contribution in [3.8, 4) is 6.07 Å². The van der Waals surface area contributed by atoms with Crippen LogP contribution >= 0.6 is 0 Å². The molecule has 1 aliphatic heterocycles. The predicted molar refractivity (Wildman–Crippen MR) is 78.2 cm³/mol. The fourth-order valence-corrected chi connectivity index (χ4v) is 2.40. The summed E-state index contributed by atoms with van der Waals surface area (Å²) >= 11 is 0. The van der Waals surface area contributed by atoms with Gasteiger partial charge in [-0.1, -0.05) is 20.3 Å². The van der Waals surface area contributed by atoms with Gasteiger partial charge in [0.1, 0.15) is 11.6 Å². The topological polar surface area (TPSA) is 82.4 Å². The minimum absolute atomic E-state index is 0.00390. The van der Waals surface area contributed by atoms with E-state index in [2.05, 4.69) is 11.4 Å². The first-order chi connectivity index (χ1) is 9.84. The summed E-state index contributed by atoms with van der Waals surface area (Å²) in [6.07, 6.45) is 2.62. The Morgan fingerprint density at radius 2 is 2.14 bits per heavy atom. The van der Waals surface area contributed by atoms with Gasteiger partial charge in [-0.05, 0) is 32.2 Å². The number of carbonyl (C=O) groups excluding carboxylic acids is 2. The lowest BCUT2D eigenvalue weighted by Crippen LogP contribution is -2.54. The van der Waals surface area contributed by atoms with E-state index in [0.29, 0.717) is 13.0 Å². The molecule has 0 aromatic heterocycles. The van der Waals surface area contributed by atoms with Crippen LogP contribution in [0.5, 0.6) is 0 Å². The molecular formula is C15H25N3O3. The van der Waals surface area contributed by atoms with Crippen LogP contribution < -0.4 is 5.32 Å². The Morgan fingerprint density at radius 3 is 2.67 bits per heavy atom. The third kappa shape index (κ3) is 4.43. The molecule has 0 aromatic rings. The standard InChI is InChI=1S/C15H25N3O3/c1-11(2)15(3,10-16)17-13(19)9-18-8-6-5-7-12(18)14(20)21-4/h11-12H,5-9H2,1-4H3,(H,17,19). The first-order valence-corrected chi connectivity index (χ1v) is 7.38. The normalized spacial score (nSPS) is 22.2. The monoisotopic (exact) mass is 295 g/mol. The van der Waals surface area contributed by atoms with Crippen molar-refractivity contribution in [2.24, 2.45) is 5.92 Å². The fraction of sp³-hybridized carbons (Fsp3) is 0.800. The van der Waals surface area contributed by atoms with Gasteiger partial charge in [-0.15, -0.1) is 0 Å². The molecule has 118 valence electrons. The largest absolute Gasteiger partial charge is 0.468 e. The number of nitrogens with zero attached hydrogens (tertiary/aromatic N) is 2. The smallest absolute Gasteiger partial charge is 0.323 e. The number of ether oxygens (including phenoxy) is 1. The zero-order valence-electron chi connectivity index (χ0n) is 13.3. The summed E-state index contributed by atoms with van der Waals surface area (Å²) in [5, 5.41) is 12.0. The molecule has 0 spiro atoms. The zero-order chi connectivity index (χ0) is 16.0. The average molecular weight is 295 g/mol. The van der Waals surface area contributed by atoms with Gasteiger partial charge in [-0.3, -0.25) is 14.5 Å². The number of nitriles is 1. The number of hydrogen-bond donors (Lipinski definition) is 1. The molecule has 2 unspecified atom stereocenters. The second kappa shape index (κ2) is 7.41. The Bertz CT molecular complexity index is 430. The quantitative estimate of drug-likeness (QED) is 0.767. The Hall–Kier alpha value is -1.61. The number of esters is 1. The van der Waals surface area contributed by atoms with E-state index < -0.39 is 5.54 Å². The number of amides is 1. The summed E-state index contributed by atoms with van der Waals surface area (Å²) in [7, 11) is 1.36. The van der Waals surface area contributed by atoms with Crippen LogP contribution in [-0.2, 0) is 14.3 Å². The van der Waals surface area contributed by atoms with Crippen molar-refractivity contribution in [3.63, 3.8) is 0 Å². The van der Waals surface area contributed by atoms with Crippen LogP contribution in [0.25, 0.3) is 0 Å². The second-order valence-corrected chi connectivity index (χ2v) is 6.02. The van der Waals surface area contributed by atoms with Gasteiger partial charge in [0.25, 0.3) is 0 Å². The molecule has 0 saturated carbocycles. The van der Waals surface area contributed by atoms with E-state index in [4.69, 9.17) is 4.74 Å². The highest BCUT2D eigenvalue weighted by molar-refractivity contribution is 5.81. The first-order valence-electron chi connectivity index (χ1n) is 7.38. The van der Waals surface area contributed by atoms with E-state index in [0.717, 1.165) is 12.8 Å². The summed E-state index contributed by atoms with van der Waals surface area (Å²) in [5.74, 6) is -0.526. The van der Waals surface area contributed by atoms with Crippen LogP contribution in [0.3, 0.4) is 0 Å². The molecule has 1 N–H and O–H groups in total. The molecule has 1 rings (SSSR count). The summed E-state index contributed by atoms with van der Waals surface area (Å²) in [5.41, 5.74) is -0.895. The molecule has 21 heavy (non-hydrogen) atoms. The molecule has 0 aliphatic carbocycles. The van der Waals surface area contributed by atoms with Crippen LogP contribution in [0.1, 0.15) is 40.0 Å². The number of hydrogen-bond acceptors (Lipinski definition) is 5. The van der Waals surface area contributed by atoms with E-state index in [9.17, 15) is 14.9 Å².